The van der Waals surface area contributed by atoms with Crippen LogP contribution in [0.4, 0.5) is 0 Å². The van der Waals surface area contributed by atoms with E-state index in [2.05, 4.69) is 0 Å². The second kappa shape index (κ2) is 5.33. The molecule has 0 radical (unpaired) electrons. The van der Waals surface area contributed by atoms with Crippen LogP contribution in [0.1, 0.15) is 54.0 Å². The molecule has 0 atom stereocenters. The molecule has 1 aliphatic carbocycles. The van der Waals surface area contributed by atoms with Crippen molar-refractivity contribution in [2.45, 2.75) is 54.1 Å². The minimum Gasteiger partial charge on any atom is -0.488 e. The fourth-order valence-electron chi connectivity index (χ4n) is 3.03. The van der Waals surface area contributed by atoms with E-state index in [1.54, 1.807) is 13.8 Å². The van der Waals surface area contributed by atoms with Gasteiger partial charge in [-0.15, -0.1) is 0 Å². The zero-order valence-corrected chi connectivity index (χ0v) is 15.1. The topological polar surface area (TPSA) is 43.4 Å². The summed E-state index contributed by atoms with van der Waals surface area (Å²) < 4.78 is 5.80. The van der Waals surface area contributed by atoms with E-state index in [-0.39, 0.29) is 17.2 Å². The minimum atomic E-state index is -0.940. The number of rotatable bonds is 2. The van der Waals surface area contributed by atoms with Crippen molar-refractivity contribution < 1.29 is 14.3 Å². The maximum Gasteiger partial charge on any atom is 0.172 e. The second-order valence-corrected chi connectivity index (χ2v) is 8.25. The van der Waals surface area contributed by atoms with Gasteiger partial charge >= 0.3 is 0 Å². The summed E-state index contributed by atoms with van der Waals surface area (Å²) in [4.78, 5) is 25.1. The van der Waals surface area contributed by atoms with Gasteiger partial charge in [-0.05, 0) is 72.2 Å². The first-order valence-corrected chi connectivity index (χ1v) is 7.97. The van der Waals surface area contributed by atoms with Crippen LogP contribution in [-0.4, -0.2) is 17.2 Å². The van der Waals surface area contributed by atoms with Gasteiger partial charge in [0.25, 0.3) is 0 Å². The molecule has 3 heteroatoms. The van der Waals surface area contributed by atoms with Crippen LogP contribution in [-0.2, 0) is 9.59 Å². The maximum atomic E-state index is 12.6. The summed E-state index contributed by atoms with van der Waals surface area (Å²) in [5, 5.41) is 0. The van der Waals surface area contributed by atoms with Crippen molar-refractivity contribution in [1.82, 2.24) is 0 Å². The molecule has 0 heterocycles. The van der Waals surface area contributed by atoms with E-state index in [1.807, 2.05) is 65.0 Å². The van der Waals surface area contributed by atoms with Crippen molar-refractivity contribution in [3.05, 3.63) is 35.4 Å². The third-order valence-electron chi connectivity index (χ3n) is 4.24. The summed E-state index contributed by atoms with van der Waals surface area (Å²) in [5.74, 6) is 0.685. The van der Waals surface area contributed by atoms with Gasteiger partial charge < -0.3 is 4.74 Å². The molecule has 1 saturated carbocycles. The highest BCUT2D eigenvalue weighted by Crippen LogP contribution is 2.47. The Morgan fingerprint density at radius 3 is 1.83 bits per heavy atom. The summed E-state index contributed by atoms with van der Waals surface area (Å²) in [7, 11) is 0. The van der Waals surface area contributed by atoms with E-state index in [0.29, 0.717) is 5.57 Å². The van der Waals surface area contributed by atoms with Gasteiger partial charge in [-0.3, -0.25) is 9.59 Å². The summed E-state index contributed by atoms with van der Waals surface area (Å²) in [6.07, 6.45) is 1.83. The molecule has 0 aromatic heterocycles. The lowest BCUT2D eigenvalue weighted by Crippen LogP contribution is -2.29. The van der Waals surface area contributed by atoms with E-state index in [9.17, 15) is 9.59 Å². The third-order valence-corrected chi connectivity index (χ3v) is 4.24. The number of ether oxygens (including phenoxy) is 1. The van der Waals surface area contributed by atoms with Gasteiger partial charge in [0.1, 0.15) is 11.4 Å². The van der Waals surface area contributed by atoms with Gasteiger partial charge in [-0.25, -0.2) is 0 Å². The van der Waals surface area contributed by atoms with Crippen LogP contribution < -0.4 is 4.74 Å². The summed E-state index contributed by atoms with van der Waals surface area (Å²) in [6, 6.07) is 7.59. The molecule has 0 saturated heterocycles. The molecule has 3 nitrogen and oxygen atoms in total. The third kappa shape index (κ3) is 3.24. The van der Waals surface area contributed by atoms with Gasteiger partial charge in [-0.2, -0.15) is 0 Å². The maximum absolute atomic E-state index is 12.6. The number of Topliss-reactive ketones (excluding diaryl/α,β-unsaturated/α-hetero) is 2. The number of carbonyl (C=O) groups is 2. The van der Waals surface area contributed by atoms with Gasteiger partial charge in [0, 0.05) is 5.57 Å². The normalized spacial score (nSPS) is 21.8. The lowest BCUT2D eigenvalue weighted by Gasteiger charge is -2.21. The smallest absolute Gasteiger partial charge is 0.172 e. The molecule has 0 aliphatic heterocycles. The van der Waals surface area contributed by atoms with Crippen LogP contribution in [0, 0.1) is 10.8 Å². The number of carbonyl (C=O) groups excluding carboxylic acids is 2. The molecule has 1 aliphatic rings. The SMILES string of the molecule is CC(C)(C)Oc1ccc(C=C2C(=O)C(C)(C)C(=O)C2(C)C)cc1. The van der Waals surface area contributed by atoms with Crippen LogP contribution in [0.5, 0.6) is 5.75 Å². The van der Waals surface area contributed by atoms with E-state index < -0.39 is 10.8 Å². The van der Waals surface area contributed by atoms with Crippen molar-refractivity contribution in [1.29, 1.82) is 0 Å². The second-order valence-electron chi connectivity index (χ2n) is 8.25. The molecule has 1 fully saturated rings. The number of hydrogen-bond acceptors (Lipinski definition) is 3. The fraction of sp³-hybridized carbons (Fsp3) is 0.500. The summed E-state index contributed by atoms with van der Waals surface area (Å²) in [6.45, 7) is 13.1. The molecule has 0 amide bonds. The van der Waals surface area contributed by atoms with Gasteiger partial charge in [-0.1, -0.05) is 12.1 Å². The first-order chi connectivity index (χ1) is 10.4. The molecule has 1 aromatic rings. The number of benzene rings is 1. The highest BCUT2D eigenvalue weighted by Gasteiger charge is 2.55. The monoisotopic (exact) mass is 314 g/mol. The Labute approximate surface area is 138 Å². The number of allylic oxidation sites excluding steroid dienone is 1. The van der Waals surface area contributed by atoms with Crippen LogP contribution in [0.25, 0.3) is 6.08 Å². The van der Waals surface area contributed by atoms with Crippen LogP contribution in [0.3, 0.4) is 0 Å². The van der Waals surface area contributed by atoms with E-state index >= 15 is 0 Å². The first-order valence-electron chi connectivity index (χ1n) is 7.97. The Balaban J connectivity index is 2.35. The van der Waals surface area contributed by atoms with E-state index in [1.165, 1.54) is 0 Å². The molecule has 124 valence electrons. The zero-order chi connectivity index (χ0) is 17.6. The number of ketones is 2. The average Bonchev–Trinajstić information content (AvgIpc) is 2.52. The predicted octanol–water partition coefficient (Wildman–Crippen LogP) is 4.45. The van der Waals surface area contributed by atoms with Crippen molar-refractivity contribution in [2.24, 2.45) is 10.8 Å². The Bertz CT molecular complexity index is 668. The average molecular weight is 314 g/mol. The Morgan fingerprint density at radius 1 is 0.913 bits per heavy atom. The quantitative estimate of drug-likeness (QED) is 0.598. The van der Waals surface area contributed by atoms with E-state index in [0.717, 1.165) is 11.3 Å². The van der Waals surface area contributed by atoms with Crippen LogP contribution >= 0.6 is 0 Å². The lowest BCUT2D eigenvalue weighted by atomic mass is 9.81. The zero-order valence-electron chi connectivity index (χ0n) is 15.1. The molecule has 0 unspecified atom stereocenters. The lowest BCUT2D eigenvalue weighted by molar-refractivity contribution is -0.135. The largest absolute Gasteiger partial charge is 0.488 e. The highest BCUT2D eigenvalue weighted by atomic mass is 16.5. The Kier molecular flexibility index (Phi) is 4.04. The Morgan fingerprint density at radius 2 is 1.43 bits per heavy atom. The Hall–Kier alpha value is -1.90. The van der Waals surface area contributed by atoms with Crippen molar-refractivity contribution >= 4 is 17.6 Å². The predicted molar refractivity (Wildman–Crippen MR) is 92.4 cm³/mol. The molecule has 2 rings (SSSR count). The van der Waals surface area contributed by atoms with Crippen molar-refractivity contribution in [2.75, 3.05) is 0 Å². The van der Waals surface area contributed by atoms with Gasteiger partial charge in [0.2, 0.25) is 0 Å². The fourth-order valence-corrected chi connectivity index (χ4v) is 3.03. The minimum absolute atomic E-state index is 0.0195. The molecular formula is C20H26O3. The van der Waals surface area contributed by atoms with Crippen molar-refractivity contribution in [3.63, 3.8) is 0 Å². The highest BCUT2D eigenvalue weighted by molar-refractivity contribution is 6.26. The standard InChI is InChI=1S/C20H26O3/c1-18(2,3)23-14-10-8-13(9-11-14)12-15-16(21)20(6,7)17(22)19(15,4)5/h8-12H,1-7H3. The van der Waals surface area contributed by atoms with Gasteiger partial charge in [0.15, 0.2) is 11.6 Å². The van der Waals surface area contributed by atoms with Crippen LogP contribution in [0.15, 0.2) is 29.8 Å². The molecular weight excluding hydrogens is 288 g/mol. The molecule has 23 heavy (non-hydrogen) atoms. The van der Waals surface area contributed by atoms with Crippen LogP contribution in [0.2, 0.25) is 0 Å². The molecule has 1 aromatic carbocycles. The van der Waals surface area contributed by atoms with Gasteiger partial charge in [0.05, 0.1) is 10.8 Å². The number of hydrogen-bond donors (Lipinski definition) is 0. The molecule has 0 N–H and O–H groups in total. The molecule has 0 bridgehead atoms. The van der Waals surface area contributed by atoms with Crippen molar-refractivity contribution in [3.8, 4) is 5.75 Å². The first kappa shape index (κ1) is 17.5. The summed E-state index contributed by atoms with van der Waals surface area (Å²) >= 11 is 0. The van der Waals surface area contributed by atoms with E-state index in [4.69, 9.17) is 4.74 Å². The summed E-state index contributed by atoms with van der Waals surface area (Å²) in [5.41, 5.74) is -0.462. The molecule has 0 spiro atoms.